The first-order valence-corrected chi connectivity index (χ1v) is 25.3. The van der Waals surface area contributed by atoms with Gasteiger partial charge in [-0.05, 0) is 115 Å². The zero-order valence-corrected chi connectivity index (χ0v) is 46.4. The van der Waals surface area contributed by atoms with E-state index in [1.165, 1.54) is 45.3 Å². The molecule has 5 unspecified atom stereocenters. The first-order chi connectivity index (χ1) is 34.4. The maximum atomic E-state index is 13.0. The van der Waals surface area contributed by atoms with Crippen LogP contribution in [0.15, 0.2) is 110 Å². The summed E-state index contributed by atoms with van der Waals surface area (Å²) in [7, 11) is 5.18. The average molecular weight is 1020 g/mol. The Morgan fingerprint density at radius 2 is 1.08 bits per heavy atom. The number of carbonyl (C=O) groups excluding carboxylic acids is 6. The van der Waals surface area contributed by atoms with Crippen molar-refractivity contribution >= 4 is 41.3 Å². The van der Waals surface area contributed by atoms with E-state index >= 15 is 0 Å². The summed E-state index contributed by atoms with van der Waals surface area (Å²) in [6.45, 7) is 26.4. The Labute approximate surface area is 442 Å². The third-order valence-electron chi connectivity index (χ3n) is 10.5. The van der Waals surface area contributed by atoms with Gasteiger partial charge in [0.2, 0.25) is 0 Å². The van der Waals surface area contributed by atoms with E-state index in [1.54, 1.807) is 42.1 Å². The highest BCUT2D eigenvalue weighted by atomic mass is 16.5. The van der Waals surface area contributed by atoms with Gasteiger partial charge in [0.1, 0.15) is 11.6 Å². The van der Waals surface area contributed by atoms with Crippen LogP contribution in [0.1, 0.15) is 157 Å². The Morgan fingerprint density at radius 1 is 0.603 bits per heavy atom. The zero-order valence-electron chi connectivity index (χ0n) is 46.4. The highest BCUT2D eigenvalue weighted by Crippen LogP contribution is 2.39. The van der Waals surface area contributed by atoms with E-state index in [-0.39, 0.29) is 62.7 Å². The Hall–Kier alpha value is -5.56. The van der Waals surface area contributed by atoms with Gasteiger partial charge in [0.05, 0.1) is 38.3 Å². The monoisotopic (exact) mass is 1020 g/mol. The molecular formula is C61H96O12. The fraction of sp³-hybridized carbons (Fsp3) is 0.541. The highest BCUT2D eigenvalue weighted by molar-refractivity contribution is 5.94. The molecule has 3 aromatic rings. The topological polar surface area (TPSA) is 158 Å². The lowest BCUT2D eigenvalue weighted by molar-refractivity contribution is -0.150. The van der Waals surface area contributed by atoms with Crippen LogP contribution >= 0.6 is 0 Å². The molecule has 12 heteroatoms. The van der Waals surface area contributed by atoms with Crippen molar-refractivity contribution in [2.45, 2.75) is 146 Å². The summed E-state index contributed by atoms with van der Waals surface area (Å²) in [4.78, 5) is 71.0. The minimum atomic E-state index is -0.637. The van der Waals surface area contributed by atoms with Gasteiger partial charge in [0.15, 0.2) is 5.78 Å². The van der Waals surface area contributed by atoms with Gasteiger partial charge >= 0.3 is 17.9 Å². The quantitative estimate of drug-likeness (QED) is 0.0325. The molecule has 73 heavy (non-hydrogen) atoms. The van der Waals surface area contributed by atoms with Crippen molar-refractivity contribution in [2.24, 2.45) is 17.8 Å². The van der Waals surface area contributed by atoms with E-state index < -0.39 is 29.7 Å². The molecule has 0 bridgehead atoms. The Balaban J connectivity index is -0.000000514. The number of Topliss-reactive ketones (excluding diaryl/α,β-unsaturated/α-hetero) is 2. The van der Waals surface area contributed by atoms with Gasteiger partial charge in [-0.2, -0.15) is 0 Å². The maximum absolute atomic E-state index is 13.0. The third kappa shape index (κ3) is 41.6. The second-order valence-corrected chi connectivity index (χ2v) is 17.1. The van der Waals surface area contributed by atoms with Crippen molar-refractivity contribution in [1.82, 2.24) is 0 Å². The second-order valence-electron chi connectivity index (χ2n) is 17.1. The molecule has 0 aliphatic rings. The second kappa shape index (κ2) is 50.0. The smallest absolute Gasteiger partial charge is 0.330 e. The van der Waals surface area contributed by atoms with Gasteiger partial charge in [0, 0.05) is 53.0 Å². The fourth-order valence-electron chi connectivity index (χ4n) is 6.63. The summed E-state index contributed by atoms with van der Waals surface area (Å²) in [6, 6.07) is 29.3. The van der Waals surface area contributed by atoms with Crippen LogP contribution in [0.3, 0.4) is 0 Å². The van der Waals surface area contributed by atoms with Crippen LogP contribution in [0.5, 0.6) is 0 Å². The van der Waals surface area contributed by atoms with Gasteiger partial charge < -0.3 is 33.2 Å². The van der Waals surface area contributed by atoms with Gasteiger partial charge in [-0.25, -0.2) is 4.79 Å². The van der Waals surface area contributed by atoms with Gasteiger partial charge in [0.25, 0.3) is 0 Å². The van der Waals surface area contributed by atoms with Crippen molar-refractivity contribution in [3.63, 3.8) is 0 Å². The molecule has 0 amide bonds. The van der Waals surface area contributed by atoms with Crippen molar-refractivity contribution in [1.29, 1.82) is 0 Å². The van der Waals surface area contributed by atoms with Crippen LogP contribution in [0, 0.1) is 17.8 Å². The molecule has 0 aromatic heterocycles. The van der Waals surface area contributed by atoms with Crippen molar-refractivity contribution in [3.05, 3.63) is 126 Å². The minimum Gasteiger partial charge on any atom is -0.466 e. The van der Waals surface area contributed by atoms with E-state index in [4.69, 9.17) is 23.7 Å². The lowest BCUT2D eigenvalue weighted by Crippen LogP contribution is -2.29. The number of esters is 3. The Morgan fingerprint density at radius 3 is 1.38 bits per heavy atom. The first kappa shape index (κ1) is 74.0. The average Bonchev–Trinajstić information content (AvgIpc) is 3.37. The van der Waals surface area contributed by atoms with Crippen LogP contribution in [0.2, 0.25) is 0 Å². The van der Waals surface area contributed by atoms with E-state index in [9.17, 15) is 28.8 Å². The molecule has 0 saturated carbocycles. The molecule has 0 fully saturated rings. The van der Waals surface area contributed by atoms with Gasteiger partial charge in [-0.3, -0.25) is 19.2 Å². The summed E-state index contributed by atoms with van der Waals surface area (Å²) in [5.41, 5.74) is 3.06. The molecule has 0 spiro atoms. The molecular weight excluding hydrogens is 925 g/mol. The van der Waals surface area contributed by atoms with Crippen molar-refractivity contribution in [2.75, 3.05) is 54.4 Å². The fourth-order valence-corrected chi connectivity index (χ4v) is 6.63. The molecule has 3 aromatic carbocycles. The lowest BCUT2D eigenvalue weighted by atomic mass is 9.74. The largest absolute Gasteiger partial charge is 0.466 e. The number of hydrogen-bond acceptors (Lipinski definition) is 12. The number of ketones is 3. The maximum Gasteiger partial charge on any atom is 0.330 e. The standard InChI is InChI=1S/C30H38O6.C8H8.C7H10O3.3C5H12O.CH4/c1-5-35-29(33)20-27(22(4)32)25(23-13-9-7-10-14-23)17-18-26(24-15-11-8-12-16-24)28(19-21(3)31)30(34)36-6-2;1-2-8-6-4-3-5-7-8;1-3-10-7(9)5-4-6(2)8;1-5(2)4-6-3;1-4-5(2)6-3;1-3-4-5-6-2;/h7-16,25-28H,5-6,17-20H2,1-4H3;2-7H,1H2;4-5H,3H2,1-2H3;2*5H,4H2,1-3H3;3-5H2,1-2H3;1H4/b;;5-4+;;;;. The van der Waals surface area contributed by atoms with E-state index in [0.29, 0.717) is 31.5 Å². The number of unbranched alkanes of at least 4 members (excludes halogenated alkanes) is 1. The number of allylic oxidation sites excluding steroid dienone is 1. The molecule has 12 nitrogen and oxygen atoms in total. The third-order valence-corrected chi connectivity index (χ3v) is 10.5. The summed E-state index contributed by atoms with van der Waals surface area (Å²) in [5, 5.41) is 0. The summed E-state index contributed by atoms with van der Waals surface area (Å²) < 4.78 is 29.5. The molecule has 0 saturated heterocycles. The van der Waals surface area contributed by atoms with Crippen LogP contribution in [-0.4, -0.2) is 95.7 Å². The number of benzene rings is 3. The molecule has 0 N–H and O–H groups in total. The number of carbonyl (C=O) groups is 6. The van der Waals surface area contributed by atoms with E-state index in [0.717, 1.165) is 36.8 Å². The Bertz CT molecular complexity index is 1850. The van der Waals surface area contributed by atoms with Gasteiger partial charge in [-0.1, -0.05) is 145 Å². The van der Waals surface area contributed by atoms with Crippen molar-refractivity contribution < 1.29 is 57.2 Å². The predicted molar refractivity (Wildman–Crippen MR) is 298 cm³/mol. The number of rotatable bonds is 26. The van der Waals surface area contributed by atoms with Crippen LogP contribution in [0.4, 0.5) is 0 Å². The van der Waals surface area contributed by atoms with Crippen LogP contribution in [0.25, 0.3) is 6.08 Å². The molecule has 412 valence electrons. The van der Waals surface area contributed by atoms with E-state index in [1.807, 2.05) is 97.1 Å². The van der Waals surface area contributed by atoms with E-state index in [2.05, 4.69) is 45.9 Å². The van der Waals surface area contributed by atoms with Gasteiger partial charge in [-0.15, -0.1) is 0 Å². The molecule has 0 aliphatic carbocycles. The zero-order chi connectivity index (χ0) is 55.1. The molecule has 0 aliphatic heterocycles. The van der Waals surface area contributed by atoms with Crippen LogP contribution < -0.4 is 0 Å². The normalized spacial score (nSPS) is 12.0. The summed E-state index contributed by atoms with van der Waals surface area (Å²) >= 11 is 0. The minimum absolute atomic E-state index is 0. The number of hydrogen-bond donors (Lipinski definition) is 0. The van der Waals surface area contributed by atoms with Crippen LogP contribution in [-0.2, 0) is 57.2 Å². The molecule has 3 rings (SSSR count). The predicted octanol–water partition coefficient (Wildman–Crippen LogP) is 13.5. The number of methoxy groups -OCH3 is 3. The Kier molecular flexibility index (Phi) is 50.7. The molecule has 5 atom stereocenters. The highest BCUT2D eigenvalue weighted by Gasteiger charge is 2.35. The van der Waals surface area contributed by atoms with Crippen molar-refractivity contribution in [3.8, 4) is 0 Å². The molecule has 0 heterocycles. The summed E-state index contributed by atoms with van der Waals surface area (Å²) in [6.07, 6.45) is 9.24. The summed E-state index contributed by atoms with van der Waals surface area (Å²) in [5.74, 6) is -2.65. The lowest BCUT2D eigenvalue weighted by Gasteiger charge is -2.30. The SMILES string of the molecule is C.C=Cc1ccccc1.CCC(C)OC.CCCCOC.CCOC(=O)/C=C/C(C)=O.CCOC(=O)CC(C(C)=O)C(CCC(c1ccccc1)C(CC(C)=O)C(=O)OCC)c1ccccc1.COCC(C)C. The number of ether oxygens (including phenoxy) is 6. The first-order valence-electron chi connectivity index (χ1n) is 25.3. The molecule has 0 radical (unpaired) electrons.